The van der Waals surface area contributed by atoms with Crippen molar-refractivity contribution in [3.8, 4) is 0 Å². The van der Waals surface area contributed by atoms with Crippen LogP contribution >= 0.6 is 0 Å². The van der Waals surface area contributed by atoms with Gasteiger partial charge >= 0.3 is 0 Å². The third-order valence-electron chi connectivity index (χ3n) is 5.04. The third kappa shape index (κ3) is 5.63. The summed E-state index contributed by atoms with van der Waals surface area (Å²) < 4.78 is 76.4. The molecule has 0 radical (unpaired) electrons. The second kappa shape index (κ2) is 8.87. The second-order valence-corrected chi connectivity index (χ2v) is 12.7. The van der Waals surface area contributed by atoms with Gasteiger partial charge in [-0.15, -0.1) is 0 Å². The molecule has 0 unspecified atom stereocenters. The van der Waals surface area contributed by atoms with Crippen molar-refractivity contribution in [2.75, 3.05) is 23.1 Å². The number of rotatable bonds is 7. The Morgan fingerprint density at radius 3 is 2.29 bits per heavy atom. The van der Waals surface area contributed by atoms with Crippen LogP contribution in [0.3, 0.4) is 0 Å². The van der Waals surface area contributed by atoms with Gasteiger partial charge in [0.05, 0.1) is 21.2 Å². The zero-order valence-corrected chi connectivity index (χ0v) is 19.4. The van der Waals surface area contributed by atoms with E-state index in [1.165, 1.54) is 28.6 Å². The van der Waals surface area contributed by atoms with E-state index in [9.17, 15) is 25.3 Å². The summed E-state index contributed by atoms with van der Waals surface area (Å²) in [5, 5.41) is 5.06. The molecule has 170 valence electrons. The molecule has 0 aromatic heterocycles. The van der Waals surface area contributed by atoms with E-state index < -0.39 is 30.1 Å². The minimum absolute atomic E-state index is 0.0109. The summed E-state index contributed by atoms with van der Waals surface area (Å²) in [7, 11) is -11.0. The lowest BCUT2D eigenvalue weighted by Crippen LogP contribution is -2.38. The standard InChI is InChI=1S/C19H25N3O6S3/c1-15-14-17(22-12-2-3-13-29(22,23)24)6-9-19(15)31(27,28)21-11-10-16-4-7-18(8-5-16)30(20,25)26/h4-9,14,21H,2-3,10-13H2,1H3,(H2,20,25,26). The van der Waals surface area contributed by atoms with Crippen LogP contribution in [0.25, 0.3) is 0 Å². The highest BCUT2D eigenvalue weighted by Gasteiger charge is 2.27. The molecule has 1 aliphatic heterocycles. The quantitative estimate of drug-likeness (QED) is 0.598. The molecule has 31 heavy (non-hydrogen) atoms. The summed E-state index contributed by atoms with van der Waals surface area (Å²) in [6.45, 7) is 2.12. The van der Waals surface area contributed by atoms with Gasteiger partial charge in [-0.2, -0.15) is 0 Å². The van der Waals surface area contributed by atoms with Crippen molar-refractivity contribution in [3.05, 3.63) is 53.6 Å². The third-order valence-corrected chi connectivity index (χ3v) is 9.46. The highest BCUT2D eigenvalue weighted by atomic mass is 32.2. The molecular formula is C19H25N3O6S3. The van der Waals surface area contributed by atoms with Gasteiger partial charge in [0.1, 0.15) is 0 Å². The molecule has 12 heteroatoms. The molecule has 3 rings (SSSR count). The molecule has 1 saturated heterocycles. The van der Waals surface area contributed by atoms with E-state index in [4.69, 9.17) is 5.14 Å². The number of anilines is 1. The maximum absolute atomic E-state index is 12.7. The maximum atomic E-state index is 12.7. The van der Waals surface area contributed by atoms with Crippen LogP contribution in [0.4, 0.5) is 5.69 Å². The smallest absolute Gasteiger partial charge is 0.240 e. The number of nitrogens with two attached hydrogens (primary N) is 1. The Morgan fingerprint density at radius 2 is 1.71 bits per heavy atom. The normalized spacial score (nSPS) is 16.9. The summed E-state index contributed by atoms with van der Waals surface area (Å²) >= 11 is 0. The number of aryl methyl sites for hydroxylation is 1. The topological polar surface area (TPSA) is 144 Å². The molecule has 0 bridgehead atoms. The van der Waals surface area contributed by atoms with Gasteiger partial charge in [0.15, 0.2) is 0 Å². The molecule has 1 heterocycles. The lowest BCUT2D eigenvalue weighted by molar-refractivity contribution is 0.574. The average molecular weight is 488 g/mol. The van der Waals surface area contributed by atoms with Crippen LogP contribution in [0.15, 0.2) is 52.3 Å². The summed E-state index contributed by atoms with van der Waals surface area (Å²) in [5.74, 6) is 0.0891. The highest BCUT2D eigenvalue weighted by molar-refractivity contribution is 7.92. The predicted molar refractivity (Wildman–Crippen MR) is 118 cm³/mol. The lowest BCUT2D eigenvalue weighted by Gasteiger charge is -2.28. The number of sulfonamides is 3. The Kier molecular flexibility index (Phi) is 6.77. The summed E-state index contributed by atoms with van der Waals surface area (Å²) in [4.78, 5) is 0.0681. The zero-order valence-electron chi connectivity index (χ0n) is 17.0. The number of nitrogens with zero attached hydrogens (tertiary/aromatic N) is 1. The summed E-state index contributed by atoms with van der Waals surface area (Å²) in [6, 6.07) is 10.4. The predicted octanol–water partition coefficient (Wildman–Crippen LogP) is 1.09. The fraction of sp³-hybridized carbons (Fsp3) is 0.368. The minimum atomic E-state index is -3.80. The molecule has 0 aliphatic carbocycles. The van der Waals surface area contributed by atoms with Crippen molar-refractivity contribution >= 4 is 35.8 Å². The van der Waals surface area contributed by atoms with Gasteiger partial charge in [0.2, 0.25) is 30.1 Å². The Bertz CT molecular complexity index is 1270. The monoisotopic (exact) mass is 487 g/mol. The summed E-state index contributed by atoms with van der Waals surface area (Å²) in [6.07, 6.45) is 1.74. The van der Waals surface area contributed by atoms with Crippen molar-refractivity contribution < 1.29 is 25.3 Å². The van der Waals surface area contributed by atoms with E-state index >= 15 is 0 Å². The number of hydrogen-bond donors (Lipinski definition) is 2. The van der Waals surface area contributed by atoms with Crippen LogP contribution in [-0.4, -0.2) is 44.1 Å². The number of nitrogens with one attached hydrogen (secondary N) is 1. The number of primary sulfonamides is 1. The van der Waals surface area contributed by atoms with E-state index in [1.807, 2.05) is 0 Å². The molecule has 0 saturated carbocycles. The second-order valence-electron chi connectivity index (χ2n) is 7.38. The first-order valence-electron chi connectivity index (χ1n) is 9.63. The van der Waals surface area contributed by atoms with Crippen LogP contribution < -0.4 is 14.2 Å². The lowest BCUT2D eigenvalue weighted by atomic mass is 10.2. The SMILES string of the molecule is Cc1cc(N2CCCCS2(=O)=O)ccc1S(=O)(=O)NCCc1ccc(S(N)(=O)=O)cc1. The first kappa shape index (κ1) is 23.7. The molecular weight excluding hydrogens is 462 g/mol. The van der Waals surface area contributed by atoms with E-state index in [0.717, 1.165) is 12.0 Å². The summed E-state index contributed by atoms with van der Waals surface area (Å²) in [5.41, 5.74) is 1.66. The van der Waals surface area contributed by atoms with Gasteiger partial charge in [-0.3, -0.25) is 4.31 Å². The van der Waals surface area contributed by atoms with Crippen molar-refractivity contribution in [3.63, 3.8) is 0 Å². The van der Waals surface area contributed by atoms with Crippen LogP contribution in [0.5, 0.6) is 0 Å². The maximum Gasteiger partial charge on any atom is 0.240 e. The fourth-order valence-corrected chi connectivity index (χ4v) is 6.83. The van der Waals surface area contributed by atoms with Crippen molar-refractivity contribution in [2.24, 2.45) is 5.14 Å². The van der Waals surface area contributed by atoms with E-state index in [0.29, 0.717) is 30.6 Å². The van der Waals surface area contributed by atoms with Crippen LogP contribution in [-0.2, 0) is 36.5 Å². The van der Waals surface area contributed by atoms with Crippen LogP contribution in [0.2, 0.25) is 0 Å². The Labute approximate surface area is 183 Å². The van der Waals surface area contributed by atoms with E-state index in [1.54, 1.807) is 25.1 Å². The molecule has 9 nitrogen and oxygen atoms in total. The van der Waals surface area contributed by atoms with Gasteiger partial charge in [0, 0.05) is 13.1 Å². The van der Waals surface area contributed by atoms with Crippen LogP contribution in [0.1, 0.15) is 24.0 Å². The van der Waals surface area contributed by atoms with Gasteiger partial charge in [-0.05, 0) is 67.6 Å². The molecule has 0 spiro atoms. The largest absolute Gasteiger partial charge is 0.270 e. The van der Waals surface area contributed by atoms with Crippen molar-refractivity contribution in [1.29, 1.82) is 0 Å². The zero-order chi connectivity index (χ0) is 22.9. The molecule has 3 N–H and O–H groups in total. The first-order valence-corrected chi connectivity index (χ1v) is 14.3. The Balaban J connectivity index is 1.69. The highest BCUT2D eigenvalue weighted by Crippen LogP contribution is 2.27. The number of benzene rings is 2. The molecule has 2 aromatic carbocycles. The average Bonchev–Trinajstić information content (AvgIpc) is 2.67. The molecule has 0 amide bonds. The number of hydrogen-bond acceptors (Lipinski definition) is 6. The minimum Gasteiger partial charge on any atom is -0.270 e. The van der Waals surface area contributed by atoms with Gasteiger partial charge in [0.25, 0.3) is 0 Å². The molecule has 1 fully saturated rings. The van der Waals surface area contributed by atoms with E-state index in [2.05, 4.69) is 4.72 Å². The molecule has 2 aromatic rings. The van der Waals surface area contributed by atoms with Crippen molar-refractivity contribution in [1.82, 2.24) is 4.72 Å². The van der Waals surface area contributed by atoms with Crippen molar-refractivity contribution in [2.45, 2.75) is 36.0 Å². The first-order chi connectivity index (χ1) is 14.4. The molecule has 1 aliphatic rings. The van der Waals surface area contributed by atoms with E-state index in [-0.39, 0.29) is 22.1 Å². The van der Waals surface area contributed by atoms with Gasteiger partial charge in [-0.25, -0.2) is 35.1 Å². The van der Waals surface area contributed by atoms with Gasteiger partial charge in [-0.1, -0.05) is 12.1 Å². The van der Waals surface area contributed by atoms with Crippen LogP contribution in [0, 0.1) is 6.92 Å². The Hall–Kier alpha value is -1.99. The molecule has 0 atom stereocenters. The fourth-order valence-electron chi connectivity index (χ4n) is 3.42. The van der Waals surface area contributed by atoms with Gasteiger partial charge < -0.3 is 0 Å². The Morgan fingerprint density at radius 1 is 1.03 bits per heavy atom.